The molecule has 0 unspecified atom stereocenters. The van der Waals surface area contributed by atoms with Crippen molar-refractivity contribution in [1.82, 2.24) is 10.2 Å². The predicted octanol–water partition coefficient (Wildman–Crippen LogP) is 2.71. The van der Waals surface area contributed by atoms with Crippen LogP contribution in [0, 0.1) is 5.92 Å². The molecule has 0 spiro atoms. The lowest BCUT2D eigenvalue weighted by molar-refractivity contribution is -0.133. The number of amides is 2. The van der Waals surface area contributed by atoms with E-state index < -0.39 is 6.04 Å². The lowest BCUT2D eigenvalue weighted by Crippen LogP contribution is -2.47. The number of nitrogens with zero attached hydrogens (tertiary/aromatic N) is 1. The standard InChI is InChI=1S/C20H27N3O2.ClH/c1-4-23(18(24)12-22-20(25)19(21)14(2)3)13-15-9-10-16-7-5-6-8-17(16)11-15;/h5-11,14,19H,4,12-13,21H2,1-3H3,(H,22,25);1H/t19-;/m0./s1. The molecule has 0 saturated carbocycles. The van der Waals surface area contributed by atoms with Crippen molar-refractivity contribution >= 4 is 35.0 Å². The summed E-state index contributed by atoms with van der Waals surface area (Å²) in [5, 5.41) is 4.97. The zero-order chi connectivity index (χ0) is 18.4. The number of hydrogen-bond donors (Lipinski definition) is 2. The molecule has 2 rings (SSSR count). The van der Waals surface area contributed by atoms with Crippen LogP contribution < -0.4 is 11.1 Å². The molecule has 0 heterocycles. The maximum absolute atomic E-state index is 12.4. The number of carbonyl (C=O) groups is 2. The molecule has 0 aromatic heterocycles. The smallest absolute Gasteiger partial charge is 0.242 e. The van der Waals surface area contributed by atoms with E-state index in [1.165, 1.54) is 5.39 Å². The number of rotatable bonds is 7. The first-order chi connectivity index (χ1) is 11.9. The average molecular weight is 378 g/mol. The molecule has 2 aromatic rings. The first-order valence-electron chi connectivity index (χ1n) is 8.71. The number of carbonyl (C=O) groups excluding carboxylic acids is 2. The molecule has 26 heavy (non-hydrogen) atoms. The highest BCUT2D eigenvalue weighted by Crippen LogP contribution is 2.16. The van der Waals surface area contributed by atoms with Gasteiger partial charge in [0.2, 0.25) is 11.8 Å². The van der Waals surface area contributed by atoms with Crippen LogP contribution in [0.15, 0.2) is 42.5 Å². The van der Waals surface area contributed by atoms with Gasteiger partial charge in [-0.25, -0.2) is 0 Å². The zero-order valence-electron chi connectivity index (χ0n) is 15.6. The Balaban J connectivity index is 0.00000338. The van der Waals surface area contributed by atoms with Crippen LogP contribution in [0.25, 0.3) is 10.8 Å². The molecule has 0 aliphatic rings. The molecule has 0 fully saturated rings. The molecule has 5 nitrogen and oxygen atoms in total. The molecule has 1 atom stereocenters. The summed E-state index contributed by atoms with van der Waals surface area (Å²) in [7, 11) is 0. The highest BCUT2D eigenvalue weighted by Gasteiger charge is 2.19. The number of nitrogens with one attached hydrogen (secondary N) is 1. The molecule has 0 bridgehead atoms. The summed E-state index contributed by atoms with van der Waals surface area (Å²) in [5.41, 5.74) is 6.86. The second-order valence-electron chi connectivity index (χ2n) is 6.58. The van der Waals surface area contributed by atoms with Gasteiger partial charge in [-0.1, -0.05) is 50.2 Å². The third kappa shape index (κ3) is 5.71. The minimum absolute atomic E-state index is 0. The number of fused-ring (bicyclic) bond motifs is 1. The maximum atomic E-state index is 12.4. The van der Waals surface area contributed by atoms with Crippen LogP contribution in [-0.4, -0.2) is 35.8 Å². The quantitative estimate of drug-likeness (QED) is 0.778. The molecular weight excluding hydrogens is 350 g/mol. The van der Waals surface area contributed by atoms with Crippen LogP contribution in [0.2, 0.25) is 0 Å². The van der Waals surface area contributed by atoms with Gasteiger partial charge in [-0.05, 0) is 35.2 Å². The van der Waals surface area contributed by atoms with Gasteiger partial charge in [-0.3, -0.25) is 9.59 Å². The fourth-order valence-electron chi connectivity index (χ4n) is 2.63. The normalized spacial score (nSPS) is 11.7. The molecule has 0 saturated heterocycles. The Kier molecular flexibility index (Phi) is 8.55. The van der Waals surface area contributed by atoms with Gasteiger partial charge in [-0.2, -0.15) is 0 Å². The molecule has 0 aliphatic heterocycles. The summed E-state index contributed by atoms with van der Waals surface area (Å²) in [6.07, 6.45) is 0. The Hall–Kier alpha value is -2.11. The summed E-state index contributed by atoms with van der Waals surface area (Å²) < 4.78 is 0. The highest BCUT2D eigenvalue weighted by atomic mass is 35.5. The third-order valence-electron chi connectivity index (χ3n) is 4.36. The number of hydrogen-bond acceptors (Lipinski definition) is 3. The Morgan fingerprint density at radius 2 is 1.77 bits per heavy atom. The van der Waals surface area contributed by atoms with E-state index in [2.05, 4.69) is 29.6 Å². The number of likely N-dealkylation sites (N-methyl/N-ethyl adjacent to an activating group) is 1. The van der Waals surface area contributed by atoms with Gasteiger partial charge in [0.05, 0.1) is 12.6 Å². The van der Waals surface area contributed by atoms with Crippen molar-refractivity contribution in [2.24, 2.45) is 11.7 Å². The topological polar surface area (TPSA) is 75.4 Å². The third-order valence-corrected chi connectivity index (χ3v) is 4.36. The van der Waals surface area contributed by atoms with E-state index in [9.17, 15) is 9.59 Å². The van der Waals surface area contributed by atoms with Gasteiger partial charge >= 0.3 is 0 Å². The fraction of sp³-hybridized carbons (Fsp3) is 0.400. The van der Waals surface area contributed by atoms with Gasteiger partial charge in [0.1, 0.15) is 0 Å². The maximum Gasteiger partial charge on any atom is 0.242 e. The highest BCUT2D eigenvalue weighted by molar-refractivity contribution is 5.87. The van der Waals surface area contributed by atoms with E-state index in [1.54, 1.807) is 4.90 Å². The molecular formula is C20H28ClN3O2. The lowest BCUT2D eigenvalue weighted by Gasteiger charge is -2.22. The van der Waals surface area contributed by atoms with E-state index in [0.717, 1.165) is 10.9 Å². The van der Waals surface area contributed by atoms with Gasteiger partial charge in [0.15, 0.2) is 0 Å². The molecule has 6 heteroatoms. The predicted molar refractivity (Wildman–Crippen MR) is 108 cm³/mol. The van der Waals surface area contributed by atoms with Crippen LogP contribution in [0.4, 0.5) is 0 Å². The van der Waals surface area contributed by atoms with Crippen molar-refractivity contribution in [2.45, 2.75) is 33.4 Å². The molecule has 2 amide bonds. The largest absolute Gasteiger partial charge is 0.346 e. The van der Waals surface area contributed by atoms with Crippen molar-refractivity contribution in [1.29, 1.82) is 0 Å². The molecule has 3 N–H and O–H groups in total. The summed E-state index contributed by atoms with van der Waals surface area (Å²) in [4.78, 5) is 26.0. The van der Waals surface area contributed by atoms with Crippen molar-refractivity contribution in [3.05, 3.63) is 48.0 Å². The SMILES string of the molecule is CCN(Cc1ccc2ccccc2c1)C(=O)CNC(=O)[C@@H](N)C(C)C.Cl. The molecule has 2 aromatic carbocycles. The number of benzene rings is 2. The van der Waals surface area contributed by atoms with E-state index >= 15 is 0 Å². The molecule has 0 radical (unpaired) electrons. The first-order valence-corrected chi connectivity index (χ1v) is 8.71. The van der Waals surface area contributed by atoms with Crippen molar-refractivity contribution < 1.29 is 9.59 Å². The van der Waals surface area contributed by atoms with Crippen LogP contribution in [0.1, 0.15) is 26.3 Å². The van der Waals surface area contributed by atoms with Crippen molar-refractivity contribution in [2.75, 3.05) is 13.1 Å². The van der Waals surface area contributed by atoms with Gasteiger partial charge in [-0.15, -0.1) is 12.4 Å². The Bertz CT molecular complexity index is 749. The summed E-state index contributed by atoms with van der Waals surface area (Å²) in [6, 6.07) is 13.7. The summed E-state index contributed by atoms with van der Waals surface area (Å²) >= 11 is 0. The monoisotopic (exact) mass is 377 g/mol. The zero-order valence-corrected chi connectivity index (χ0v) is 16.4. The van der Waals surface area contributed by atoms with E-state index in [0.29, 0.717) is 13.1 Å². The number of nitrogens with two attached hydrogens (primary N) is 1. The van der Waals surface area contributed by atoms with E-state index in [4.69, 9.17) is 5.73 Å². The van der Waals surface area contributed by atoms with E-state index in [-0.39, 0.29) is 36.7 Å². The summed E-state index contributed by atoms with van der Waals surface area (Å²) in [6.45, 7) is 6.76. The van der Waals surface area contributed by atoms with Crippen LogP contribution in [0.3, 0.4) is 0 Å². The van der Waals surface area contributed by atoms with Gasteiger partial charge in [0.25, 0.3) is 0 Å². The van der Waals surface area contributed by atoms with Crippen LogP contribution in [0.5, 0.6) is 0 Å². The first kappa shape index (κ1) is 21.9. The molecule has 0 aliphatic carbocycles. The second kappa shape index (κ2) is 10.1. The lowest BCUT2D eigenvalue weighted by atomic mass is 10.1. The minimum Gasteiger partial charge on any atom is -0.346 e. The van der Waals surface area contributed by atoms with E-state index in [1.807, 2.05) is 39.0 Å². The fourth-order valence-corrected chi connectivity index (χ4v) is 2.63. The van der Waals surface area contributed by atoms with Crippen molar-refractivity contribution in [3.63, 3.8) is 0 Å². The minimum atomic E-state index is -0.594. The second-order valence-corrected chi connectivity index (χ2v) is 6.58. The Morgan fingerprint density at radius 1 is 1.12 bits per heavy atom. The van der Waals surface area contributed by atoms with Crippen LogP contribution >= 0.6 is 12.4 Å². The summed E-state index contributed by atoms with van der Waals surface area (Å²) in [5.74, 6) is -0.361. The van der Waals surface area contributed by atoms with Gasteiger partial charge < -0.3 is 16.0 Å². The van der Waals surface area contributed by atoms with Crippen LogP contribution in [-0.2, 0) is 16.1 Å². The van der Waals surface area contributed by atoms with Crippen molar-refractivity contribution in [3.8, 4) is 0 Å². The molecule has 142 valence electrons. The average Bonchev–Trinajstić information content (AvgIpc) is 2.62. The number of halogens is 1. The Labute approximate surface area is 161 Å². The Morgan fingerprint density at radius 3 is 2.38 bits per heavy atom. The van der Waals surface area contributed by atoms with Gasteiger partial charge in [0, 0.05) is 13.1 Å².